The molecule has 0 amide bonds. The molecule has 0 spiro atoms. The van der Waals surface area contributed by atoms with Gasteiger partial charge in [-0.1, -0.05) is 60.7 Å². The largest absolute Gasteiger partial charge is 0.294 e. The second-order valence-electron chi connectivity index (χ2n) is 8.16. The summed E-state index contributed by atoms with van der Waals surface area (Å²) >= 11 is 0. The minimum Gasteiger partial charge on any atom is -0.294 e. The van der Waals surface area contributed by atoms with Gasteiger partial charge in [0.25, 0.3) is 0 Å². The molecule has 3 unspecified atom stereocenters. The molecule has 4 heteroatoms. The van der Waals surface area contributed by atoms with Gasteiger partial charge in [0.05, 0.1) is 17.8 Å². The van der Waals surface area contributed by atoms with Crippen LogP contribution in [0.2, 0.25) is 0 Å². The third kappa shape index (κ3) is 3.97. The summed E-state index contributed by atoms with van der Waals surface area (Å²) in [5.74, 6) is 0.543. The van der Waals surface area contributed by atoms with Gasteiger partial charge in [0.2, 0.25) is 0 Å². The number of likely N-dealkylation sites (tertiary alicyclic amines) is 1. The van der Waals surface area contributed by atoms with Gasteiger partial charge in [-0.25, -0.2) is 5.43 Å². The first kappa shape index (κ1) is 18.5. The number of nitrogens with zero attached hydrogens (tertiary/aromatic N) is 2. The van der Waals surface area contributed by atoms with Crippen molar-refractivity contribution in [3.8, 4) is 11.1 Å². The number of hydrazine groups is 1. The molecular weight excluding hydrogens is 356 g/mol. The van der Waals surface area contributed by atoms with Crippen LogP contribution < -0.4 is 10.9 Å². The molecule has 0 bridgehead atoms. The van der Waals surface area contributed by atoms with Crippen LogP contribution in [-0.4, -0.2) is 29.5 Å². The first-order valence-corrected chi connectivity index (χ1v) is 10.7. The van der Waals surface area contributed by atoms with Gasteiger partial charge in [0.1, 0.15) is 0 Å². The van der Waals surface area contributed by atoms with Gasteiger partial charge in [0.15, 0.2) is 0 Å². The van der Waals surface area contributed by atoms with E-state index < -0.39 is 0 Å². The third-order valence-corrected chi connectivity index (χ3v) is 6.33. The SMILES string of the molecule is c1ccc(-c2ccc(C3NNCC3CN3CCCC3c3ccccn3)cc2)cc1. The van der Waals surface area contributed by atoms with Crippen molar-refractivity contribution in [1.82, 2.24) is 20.7 Å². The highest BCUT2D eigenvalue weighted by Crippen LogP contribution is 2.34. The first-order valence-electron chi connectivity index (χ1n) is 10.7. The number of pyridine rings is 1. The lowest BCUT2D eigenvalue weighted by molar-refractivity contribution is 0.208. The third-order valence-electron chi connectivity index (χ3n) is 6.33. The van der Waals surface area contributed by atoms with Crippen LogP contribution in [0.25, 0.3) is 11.1 Å². The van der Waals surface area contributed by atoms with Gasteiger partial charge in [-0.2, -0.15) is 0 Å². The maximum Gasteiger partial charge on any atom is 0.0575 e. The molecule has 3 heterocycles. The number of benzene rings is 2. The van der Waals surface area contributed by atoms with Crippen LogP contribution in [0, 0.1) is 5.92 Å². The van der Waals surface area contributed by atoms with Crippen molar-refractivity contribution in [2.24, 2.45) is 5.92 Å². The summed E-state index contributed by atoms with van der Waals surface area (Å²) in [6, 6.07) is 26.7. The highest BCUT2D eigenvalue weighted by atomic mass is 15.4. The summed E-state index contributed by atoms with van der Waals surface area (Å²) in [5, 5.41) is 0. The van der Waals surface area contributed by atoms with E-state index in [0.717, 1.165) is 19.6 Å². The Morgan fingerprint density at radius 1 is 0.897 bits per heavy atom. The quantitative estimate of drug-likeness (QED) is 0.686. The molecule has 2 fully saturated rings. The molecule has 2 aromatic carbocycles. The molecule has 2 aliphatic rings. The minimum absolute atomic E-state index is 0.338. The summed E-state index contributed by atoms with van der Waals surface area (Å²) in [5.41, 5.74) is 12.0. The Kier molecular flexibility index (Phi) is 5.39. The Morgan fingerprint density at radius 3 is 2.48 bits per heavy atom. The molecule has 1 aromatic heterocycles. The molecule has 2 N–H and O–H groups in total. The fourth-order valence-corrected chi connectivity index (χ4v) is 4.83. The first-order chi connectivity index (χ1) is 14.4. The average molecular weight is 385 g/mol. The molecule has 148 valence electrons. The van der Waals surface area contributed by atoms with Crippen molar-refractivity contribution in [3.63, 3.8) is 0 Å². The predicted molar refractivity (Wildman–Crippen MR) is 117 cm³/mol. The zero-order chi connectivity index (χ0) is 19.5. The van der Waals surface area contributed by atoms with Gasteiger partial charge in [0, 0.05) is 25.2 Å². The topological polar surface area (TPSA) is 40.2 Å². The summed E-state index contributed by atoms with van der Waals surface area (Å²) in [6.45, 7) is 3.25. The van der Waals surface area contributed by atoms with Crippen LogP contribution in [0.4, 0.5) is 0 Å². The van der Waals surface area contributed by atoms with E-state index in [4.69, 9.17) is 0 Å². The predicted octanol–water partition coefficient (Wildman–Crippen LogP) is 4.35. The molecule has 29 heavy (non-hydrogen) atoms. The molecule has 2 saturated heterocycles. The Morgan fingerprint density at radius 2 is 1.69 bits per heavy atom. The highest BCUT2D eigenvalue weighted by molar-refractivity contribution is 5.63. The Balaban J connectivity index is 1.30. The minimum atomic E-state index is 0.338. The number of hydrogen-bond donors (Lipinski definition) is 2. The summed E-state index contributed by atoms with van der Waals surface area (Å²) in [6.07, 6.45) is 4.38. The average Bonchev–Trinajstić information content (AvgIpc) is 3.45. The normalized spacial score (nSPS) is 24.8. The smallest absolute Gasteiger partial charge is 0.0575 e. The molecule has 2 aliphatic heterocycles. The summed E-state index contributed by atoms with van der Waals surface area (Å²) in [4.78, 5) is 7.26. The maximum absolute atomic E-state index is 4.63. The summed E-state index contributed by atoms with van der Waals surface area (Å²) < 4.78 is 0. The monoisotopic (exact) mass is 384 g/mol. The van der Waals surface area contributed by atoms with Gasteiger partial charge in [-0.3, -0.25) is 15.3 Å². The number of rotatable bonds is 5. The molecule has 3 atom stereocenters. The highest BCUT2D eigenvalue weighted by Gasteiger charge is 2.34. The molecule has 4 nitrogen and oxygen atoms in total. The zero-order valence-corrected chi connectivity index (χ0v) is 16.7. The number of nitrogens with one attached hydrogen (secondary N) is 2. The van der Waals surface area contributed by atoms with E-state index in [-0.39, 0.29) is 0 Å². The molecule has 0 radical (unpaired) electrons. The molecule has 5 rings (SSSR count). The van der Waals surface area contributed by atoms with Crippen molar-refractivity contribution in [1.29, 1.82) is 0 Å². The van der Waals surface area contributed by atoms with Crippen LogP contribution in [0.3, 0.4) is 0 Å². The van der Waals surface area contributed by atoms with Gasteiger partial charge in [-0.15, -0.1) is 0 Å². The second kappa shape index (κ2) is 8.46. The van der Waals surface area contributed by atoms with E-state index in [1.165, 1.54) is 35.2 Å². The van der Waals surface area contributed by atoms with Crippen molar-refractivity contribution < 1.29 is 0 Å². The van der Waals surface area contributed by atoms with E-state index in [1.54, 1.807) is 0 Å². The van der Waals surface area contributed by atoms with Crippen molar-refractivity contribution in [2.45, 2.75) is 24.9 Å². The van der Waals surface area contributed by atoms with Crippen molar-refractivity contribution in [2.75, 3.05) is 19.6 Å². The molecule has 0 saturated carbocycles. The van der Waals surface area contributed by atoms with Crippen LogP contribution in [0.1, 0.15) is 36.2 Å². The van der Waals surface area contributed by atoms with Crippen molar-refractivity contribution >= 4 is 0 Å². The van der Waals surface area contributed by atoms with E-state index >= 15 is 0 Å². The zero-order valence-electron chi connectivity index (χ0n) is 16.7. The fraction of sp³-hybridized carbons (Fsp3) is 0.320. The molecule has 3 aromatic rings. The van der Waals surface area contributed by atoms with Crippen LogP contribution >= 0.6 is 0 Å². The lowest BCUT2D eigenvalue weighted by Crippen LogP contribution is -2.33. The van der Waals surface area contributed by atoms with E-state index in [1.807, 2.05) is 12.3 Å². The molecule has 0 aliphatic carbocycles. The number of aromatic nitrogens is 1. The van der Waals surface area contributed by atoms with Crippen LogP contribution in [0.15, 0.2) is 79.0 Å². The van der Waals surface area contributed by atoms with E-state index in [2.05, 4.69) is 87.5 Å². The standard InChI is InChI=1S/C25H28N4/c1-2-7-19(8-3-1)20-11-13-21(14-12-20)25-22(17-27-28-25)18-29-16-6-10-24(29)23-9-4-5-15-26-23/h1-5,7-9,11-15,22,24-25,27-28H,6,10,16-18H2. The lowest BCUT2D eigenvalue weighted by atomic mass is 9.92. The summed E-state index contributed by atoms with van der Waals surface area (Å²) in [7, 11) is 0. The van der Waals surface area contributed by atoms with Crippen molar-refractivity contribution in [3.05, 3.63) is 90.3 Å². The van der Waals surface area contributed by atoms with Gasteiger partial charge < -0.3 is 0 Å². The van der Waals surface area contributed by atoms with E-state index in [9.17, 15) is 0 Å². The van der Waals surface area contributed by atoms with Gasteiger partial charge >= 0.3 is 0 Å². The maximum atomic E-state index is 4.63. The second-order valence-corrected chi connectivity index (χ2v) is 8.16. The number of hydrogen-bond acceptors (Lipinski definition) is 4. The Labute approximate surface area is 173 Å². The van der Waals surface area contributed by atoms with Gasteiger partial charge in [-0.05, 0) is 48.2 Å². The fourth-order valence-electron chi connectivity index (χ4n) is 4.83. The van der Waals surface area contributed by atoms with Crippen LogP contribution in [0.5, 0.6) is 0 Å². The van der Waals surface area contributed by atoms with Crippen LogP contribution in [-0.2, 0) is 0 Å². The Hall–Kier alpha value is -2.53. The Bertz CT molecular complexity index is 911. The molecular formula is C25H28N4. The lowest BCUT2D eigenvalue weighted by Gasteiger charge is -2.29. The van der Waals surface area contributed by atoms with E-state index in [0.29, 0.717) is 18.0 Å².